The van der Waals surface area contributed by atoms with Gasteiger partial charge in [0, 0.05) is 11.1 Å². The fourth-order valence-corrected chi connectivity index (χ4v) is 3.44. The van der Waals surface area contributed by atoms with Crippen LogP contribution in [0.3, 0.4) is 0 Å². The van der Waals surface area contributed by atoms with E-state index in [4.69, 9.17) is 9.15 Å². The van der Waals surface area contributed by atoms with Crippen LogP contribution in [0.1, 0.15) is 46.8 Å². The fourth-order valence-electron chi connectivity index (χ4n) is 3.44. The van der Waals surface area contributed by atoms with Gasteiger partial charge in [-0.05, 0) is 78.9 Å². The molecule has 0 aliphatic carbocycles. The number of oxazole rings is 1. The Hall–Kier alpha value is -3.60. The Balaban J connectivity index is 1.68. The van der Waals surface area contributed by atoms with Gasteiger partial charge in [0.2, 0.25) is 5.89 Å². The van der Waals surface area contributed by atoms with Crippen molar-refractivity contribution in [3.63, 3.8) is 0 Å². The van der Waals surface area contributed by atoms with E-state index in [-0.39, 0.29) is 5.91 Å². The second-order valence-corrected chi connectivity index (χ2v) is 8.07. The van der Waals surface area contributed by atoms with Gasteiger partial charge in [0.25, 0.3) is 5.91 Å². The molecule has 0 atom stereocenters. The van der Waals surface area contributed by atoms with Crippen LogP contribution in [0, 0.1) is 13.8 Å². The van der Waals surface area contributed by atoms with Crippen molar-refractivity contribution in [3.8, 4) is 17.2 Å². The Morgan fingerprint density at radius 3 is 2.52 bits per heavy atom. The topological polar surface area (TPSA) is 64.4 Å². The summed E-state index contributed by atoms with van der Waals surface area (Å²) >= 11 is 0. The number of hydrogen-bond donors (Lipinski definition) is 1. The van der Waals surface area contributed by atoms with E-state index < -0.39 is 0 Å². The number of carbonyl (C=O) groups is 1. The molecule has 0 bridgehead atoms. The van der Waals surface area contributed by atoms with Crippen LogP contribution < -0.4 is 10.1 Å². The Morgan fingerprint density at radius 2 is 1.81 bits per heavy atom. The Morgan fingerprint density at radius 1 is 1.00 bits per heavy atom. The van der Waals surface area contributed by atoms with Gasteiger partial charge in [0.05, 0.1) is 12.8 Å². The zero-order valence-corrected chi connectivity index (χ0v) is 18.4. The van der Waals surface area contributed by atoms with Crippen LogP contribution in [-0.2, 0) is 0 Å². The Bertz CT molecular complexity index is 1270. The molecule has 1 amide bonds. The number of aromatic nitrogens is 1. The molecule has 0 saturated heterocycles. The van der Waals surface area contributed by atoms with Crippen LogP contribution >= 0.6 is 0 Å². The summed E-state index contributed by atoms with van der Waals surface area (Å²) in [6.07, 6.45) is 0. The first-order valence-electron chi connectivity index (χ1n) is 10.3. The van der Waals surface area contributed by atoms with E-state index in [1.165, 1.54) is 5.56 Å². The second kappa shape index (κ2) is 8.26. The van der Waals surface area contributed by atoms with Crippen LogP contribution in [-0.4, -0.2) is 18.0 Å². The molecule has 0 fully saturated rings. The van der Waals surface area contributed by atoms with Crippen molar-refractivity contribution in [1.29, 1.82) is 0 Å². The molecule has 5 heteroatoms. The predicted molar refractivity (Wildman–Crippen MR) is 124 cm³/mol. The maximum Gasteiger partial charge on any atom is 0.255 e. The van der Waals surface area contributed by atoms with Gasteiger partial charge in [0.15, 0.2) is 5.58 Å². The van der Waals surface area contributed by atoms with Crippen LogP contribution in [0.15, 0.2) is 59.0 Å². The second-order valence-electron chi connectivity index (χ2n) is 8.07. The van der Waals surface area contributed by atoms with Crippen LogP contribution in [0.2, 0.25) is 0 Å². The Labute approximate surface area is 182 Å². The van der Waals surface area contributed by atoms with E-state index in [2.05, 4.69) is 36.3 Å². The summed E-state index contributed by atoms with van der Waals surface area (Å²) in [5.41, 5.74) is 6.90. The maximum atomic E-state index is 12.8. The standard InChI is InChI=1S/C26H26N2O3/c1-15(2)18-8-11-24-22(13-18)28-26(31-24)20-9-10-23(30-5)21(14-20)27-25(29)19-7-6-16(3)17(4)12-19/h6-15H,1-5H3,(H,27,29). The minimum absolute atomic E-state index is 0.197. The molecule has 0 saturated carbocycles. The van der Waals surface area contributed by atoms with Gasteiger partial charge in [0.1, 0.15) is 11.3 Å². The fraction of sp³-hybridized carbons (Fsp3) is 0.231. The van der Waals surface area contributed by atoms with Crippen LogP contribution in [0.5, 0.6) is 5.75 Å². The molecule has 1 aromatic heterocycles. The number of aryl methyl sites for hydroxylation is 2. The smallest absolute Gasteiger partial charge is 0.255 e. The highest BCUT2D eigenvalue weighted by molar-refractivity contribution is 6.05. The van der Waals surface area contributed by atoms with E-state index in [9.17, 15) is 4.79 Å². The van der Waals surface area contributed by atoms with Gasteiger partial charge in [-0.15, -0.1) is 0 Å². The van der Waals surface area contributed by atoms with Gasteiger partial charge in [-0.1, -0.05) is 26.0 Å². The molecule has 158 valence electrons. The molecule has 0 aliphatic rings. The molecule has 4 rings (SSSR count). The maximum absolute atomic E-state index is 12.8. The van der Waals surface area contributed by atoms with Crippen molar-refractivity contribution in [2.45, 2.75) is 33.6 Å². The molecular formula is C26H26N2O3. The average Bonchev–Trinajstić information content (AvgIpc) is 3.19. The van der Waals surface area contributed by atoms with Gasteiger partial charge in [-0.2, -0.15) is 0 Å². The third-order valence-corrected chi connectivity index (χ3v) is 5.54. The Kier molecular flexibility index (Phi) is 5.51. The number of ether oxygens (including phenoxy) is 1. The lowest BCUT2D eigenvalue weighted by Crippen LogP contribution is -2.13. The number of benzene rings is 3. The quantitative estimate of drug-likeness (QED) is 0.405. The molecule has 1 N–H and O–H groups in total. The summed E-state index contributed by atoms with van der Waals surface area (Å²) in [6.45, 7) is 8.31. The van der Waals surface area contributed by atoms with Crippen molar-refractivity contribution < 1.29 is 13.9 Å². The number of nitrogens with zero attached hydrogens (tertiary/aromatic N) is 1. The number of methoxy groups -OCH3 is 1. The molecule has 1 heterocycles. The van der Waals surface area contributed by atoms with E-state index in [1.54, 1.807) is 13.2 Å². The first kappa shape index (κ1) is 20.7. The number of hydrogen-bond acceptors (Lipinski definition) is 4. The van der Waals surface area contributed by atoms with Gasteiger partial charge in [-0.25, -0.2) is 4.98 Å². The van der Waals surface area contributed by atoms with Crippen molar-refractivity contribution in [2.24, 2.45) is 0 Å². The van der Waals surface area contributed by atoms with Gasteiger partial charge in [-0.3, -0.25) is 4.79 Å². The average molecular weight is 415 g/mol. The van der Waals surface area contributed by atoms with Crippen molar-refractivity contribution in [2.75, 3.05) is 12.4 Å². The molecule has 4 aromatic rings. The number of anilines is 1. The van der Waals surface area contributed by atoms with Crippen LogP contribution in [0.4, 0.5) is 5.69 Å². The van der Waals surface area contributed by atoms with Crippen molar-refractivity contribution in [1.82, 2.24) is 4.98 Å². The molecule has 0 spiro atoms. The first-order valence-corrected chi connectivity index (χ1v) is 10.3. The molecule has 0 aliphatic heterocycles. The SMILES string of the molecule is COc1ccc(-c2nc3cc(C(C)C)ccc3o2)cc1NC(=O)c1ccc(C)c(C)c1. The lowest BCUT2D eigenvalue weighted by molar-refractivity contribution is 0.102. The number of amides is 1. The molecule has 31 heavy (non-hydrogen) atoms. The lowest BCUT2D eigenvalue weighted by Gasteiger charge is -2.12. The summed E-state index contributed by atoms with van der Waals surface area (Å²) in [6, 6.07) is 17.2. The molecule has 0 radical (unpaired) electrons. The first-order chi connectivity index (χ1) is 14.9. The van der Waals surface area contributed by atoms with E-state index in [1.807, 2.05) is 50.2 Å². The molecular weight excluding hydrogens is 388 g/mol. The van der Waals surface area contributed by atoms with Crippen molar-refractivity contribution in [3.05, 3.63) is 76.9 Å². The summed E-state index contributed by atoms with van der Waals surface area (Å²) in [4.78, 5) is 17.5. The third kappa shape index (κ3) is 4.17. The highest BCUT2D eigenvalue weighted by Gasteiger charge is 2.15. The van der Waals surface area contributed by atoms with Gasteiger partial charge < -0.3 is 14.5 Å². The molecule has 3 aromatic carbocycles. The minimum atomic E-state index is -0.197. The number of nitrogens with one attached hydrogen (secondary N) is 1. The number of fused-ring (bicyclic) bond motifs is 1. The zero-order valence-electron chi connectivity index (χ0n) is 18.4. The number of rotatable bonds is 5. The summed E-state index contributed by atoms with van der Waals surface area (Å²) in [5, 5.41) is 2.96. The normalized spacial score (nSPS) is 11.2. The predicted octanol–water partition coefficient (Wildman–Crippen LogP) is 6.50. The highest BCUT2D eigenvalue weighted by atomic mass is 16.5. The summed E-state index contributed by atoms with van der Waals surface area (Å²) in [7, 11) is 1.58. The van der Waals surface area contributed by atoms with Crippen LogP contribution in [0.25, 0.3) is 22.6 Å². The lowest BCUT2D eigenvalue weighted by atomic mass is 10.0. The summed E-state index contributed by atoms with van der Waals surface area (Å²) in [5.74, 6) is 1.29. The third-order valence-electron chi connectivity index (χ3n) is 5.54. The zero-order chi connectivity index (χ0) is 22.1. The molecule has 5 nitrogen and oxygen atoms in total. The minimum Gasteiger partial charge on any atom is -0.495 e. The van der Waals surface area contributed by atoms with Gasteiger partial charge >= 0.3 is 0 Å². The van der Waals surface area contributed by atoms with E-state index in [0.29, 0.717) is 28.8 Å². The van der Waals surface area contributed by atoms with E-state index in [0.717, 1.165) is 27.8 Å². The highest BCUT2D eigenvalue weighted by Crippen LogP contribution is 2.33. The summed E-state index contributed by atoms with van der Waals surface area (Å²) < 4.78 is 11.4. The number of carbonyl (C=O) groups excluding carboxylic acids is 1. The molecule has 0 unspecified atom stereocenters. The van der Waals surface area contributed by atoms with Crippen molar-refractivity contribution >= 4 is 22.7 Å². The largest absolute Gasteiger partial charge is 0.495 e. The van der Waals surface area contributed by atoms with E-state index >= 15 is 0 Å². The monoisotopic (exact) mass is 414 g/mol.